The number of nitrogens with zero attached hydrogens (tertiary/aromatic N) is 1. The summed E-state index contributed by atoms with van der Waals surface area (Å²) in [7, 11) is 0. The molecule has 0 bridgehead atoms. The molecule has 0 radical (unpaired) electrons. The summed E-state index contributed by atoms with van der Waals surface area (Å²) in [5.41, 5.74) is 2.88. The summed E-state index contributed by atoms with van der Waals surface area (Å²) in [6, 6.07) is 9.88. The quantitative estimate of drug-likeness (QED) is 0.906. The Morgan fingerprint density at radius 2 is 2.00 bits per heavy atom. The van der Waals surface area contributed by atoms with Crippen molar-refractivity contribution in [3.05, 3.63) is 53.2 Å². The number of aryl methyl sites for hydroxylation is 1. The van der Waals surface area contributed by atoms with E-state index in [1.54, 1.807) is 6.20 Å². The van der Waals surface area contributed by atoms with Crippen LogP contribution in [-0.2, 0) is 6.61 Å². The number of aromatic nitrogens is 1. The predicted molar refractivity (Wildman–Crippen MR) is 75.5 cm³/mol. The smallest absolute Gasteiger partial charge is 0.222 e. The van der Waals surface area contributed by atoms with Crippen LogP contribution in [0.2, 0.25) is 0 Å². The third kappa shape index (κ3) is 3.12. The number of rotatable bonds is 4. The maximum absolute atomic E-state index is 9.08. The molecule has 0 aliphatic heterocycles. The summed E-state index contributed by atoms with van der Waals surface area (Å²) in [6.45, 7) is 6.20. The normalized spacial score (nSPS) is 10.8. The molecule has 1 aromatic carbocycles. The van der Waals surface area contributed by atoms with Gasteiger partial charge in [-0.1, -0.05) is 32.0 Å². The van der Waals surface area contributed by atoms with Crippen molar-refractivity contribution in [2.45, 2.75) is 33.3 Å². The van der Waals surface area contributed by atoms with Crippen molar-refractivity contribution in [1.29, 1.82) is 0 Å². The minimum Gasteiger partial charge on any atom is -0.438 e. The molecule has 0 unspecified atom stereocenters. The van der Waals surface area contributed by atoms with Gasteiger partial charge in [-0.2, -0.15) is 0 Å². The first-order valence-corrected chi connectivity index (χ1v) is 6.45. The minimum atomic E-state index is -0.00327. The molecule has 3 heteroatoms. The van der Waals surface area contributed by atoms with Crippen LogP contribution in [0.3, 0.4) is 0 Å². The molecular formula is C16H19NO2. The van der Waals surface area contributed by atoms with E-state index >= 15 is 0 Å². The van der Waals surface area contributed by atoms with Crippen LogP contribution in [0.1, 0.15) is 36.5 Å². The topological polar surface area (TPSA) is 42.4 Å². The lowest BCUT2D eigenvalue weighted by Crippen LogP contribution is -1.97. The largest absolute Gasteiger partial charge is 0.438 e. The molecule has 0 saturated carbocycles. The van der Waals surface area contributed by atoms with Crippen molar-refractivity contribution in [3.63, 3.8) is 0 Å². The van der Waals surface area contributed by atoms with Crippen molar-refractivity contribution >= 4 is 0 Å². The number of hydrogen-bond acceptors (Lipinski definition) is 3. The Bertz CT molecular complexity index is 564. The Labute approximate surface area is 113 Å². The molecule has 1 heterocycles. The molecule has 19 heavy (non-hydrogen) atoms. The summed E-state index contributed by atoms with van der Waals surface area (Å²) in [5, 5.41) is 9.08. The second-order valence-electron chi connectivity index (χ2n) is 4.92. The second-order valence-corrected chi connectivity index (χ2v) is 4.92. The Morgan fingerprint density at radius 1 is 1.26 bits per heavy atom. The average Bonchev–Trinajstić information content (AvgIpc) is 2.41. The van der Waals surface area contributed by atoms with Crippen LogP contribution in [0.4, 0.5) is 0 Å². The zero-order valence-electron chi connectivity index (χ0n) is 11.6. The lowest BCUT2D eigenvalue weighted by Gasteiger charge is -2.14. The summed E-state index contributed by atoms with van der Waals surface area (Å²) >= 11 is 0. The van der Waals surface area contributed by atoms with Gasteiger partial charge in [0, 0.05) is 11.8 Å². The van der Waals surface area contributed by atoms with Crippen LogP contribution >= 0.6 is 0 Å². The summed E-state index contributed by atoms with van der Waals surface area (Å²) in [4.78, 5) is 4.26. The second kappa shape index (κ2) is 5.85. The molecular weight excluding hydrogens is 238 g/mol. The molecule has 0 saturated heterocycles. The van der Waals surface area contributed by atoms with E-state index in [4.69, 9.17) is 9.84 Å². The SMILES string of the molecule is Cc1cc(CO)cnc1Oc1ccccc1C(C)C. The van der Waals surface area contributed by atoms with Gasteiger partial charge in [0.25, 0.3) is 0 Å². The van der Waals surface area contributed by atoms with E-state index in [-0.39, 0.29) is 6.61 Å². The van der Waals surface area contributed by atoms with Crippen molar-refractivity contribution in [2.75, 3.05) is 0 Å². The highest BCUT2D eigenvalue weighted by Crippen LogP contribution is 2.30. The molecule has 2 aromatic rings. The molecule has 1 aromatic heterocycles. The number of ether oxygens (including phenoxy) is 1. The molecule has 0 atom stereocenters. The lowest BCUT2D eigenvalue weighted by atomic mass is 10.0. The Kier molecular flexibility index (Phi) is 4.17. The molecule has 100 valence electrons. The van der Waals surface area contributed by atoms with E-state index in [0.717, 1.165) is 22.4 Å². The Morgan fingerprint density at radius 3 is 2.63 bits per heavy atom. The van der Waals surface area contributed by atoms with E-state index in [1.165, 1.54) is 0 Å². The third-order valence-electron chi connectivity index (χ3n) is 3.02. The van der Waals surface area contributed by atoms with Gasteiger partial charge in [-0.15, -0.1) is 0 Å². The standard InChI is InChI=1S/C16H19NO2/c1-11(2)14-6-4-5-7-15(14)19-16-12(3)8-13(10-18)9-17-16/h4-9,11,18H,10H2,1-3H3. The summed E-state index contributed by atoms with van der Waals surface area (Å²) in [6.07, 6.45) is 1.64. The maximum Gasteiger partial charge on any atom is 0.222 e. The third-order valence-corrected chi connectivity index (χ3v) is 3.02. The van der Waals surface area contributed by atoms with E-state index in [1.807, 2.05) is 31.2 Å². The van der Waals surface area contributed by atoms with Crippen molar-refractivity contribution in [1.82, 2.24) is 4.98 Å². The van der Waals surface area contributed by atoms with Gasteiger partial charge >= 0.3 is 0 Å². The molecule has 3 nitrogen and oxygen atoms in total. The maximum atomic E-state index is 9.08. The fourth-order valence-corrected chi connectivity index (χ4v) is 1.97. The zero-order chi connectivity index (χ0) is 13.8. The molecule has 0 amide bonds. The van der Waals surface area contributed by atoms with Gasteiger partial charge in [-0.05, 0) is 36.1 Å². The van der Waals surface area contributed by atoms with E-state index < -0.39 is 0 Å². The fourth-order valence-electron chi connectivity index (χ4n) is 1.97. The molecule has 0 spiro atoms. The van der Waals surface area contributed by atoms with Gasteiger partial charge < -0.3 is 9.84 Å². The van der Waals surface area contributed by atoms with Crippen molar-refractivity contribution in [2.24, 2.45) is 0 Å². The van der Waals surface area contributed by atoms with Gasteiger partial charge in [0.2, 0.25) is 5.88 Å². The zero-order valence-corrected chi connectivity index (χ0v) is 11.6. The van der Waals surface area contributed by atoms with Crippen LogP contribution < -0.4 is 4.74 Å². The van der Waals surface area contributed by atoms with Gasteiger partial charge in [-0.25, -0.2) is 4.98 Å². The Hall–Kier alpha value is -1.87. The number of aliphatic hydroxyl groups is 1. The first kappa shape index (κ1) is 13.6. The highest BCUT2D eigenvalue weighted by Gasteiger charge is 2.10. The first-order chi connectivity index (χ1) is 9.11. The summed E-state index contributed by atoms with van der Waals surface area (Å²) in [5.74, 6) is 1.82. The average molecular weight is 257 g/mol. The number of hydrogen-bond donors (Lipinski definition) is 1. The number of benzene rings is 1. The van der Waals surface area contributed by atoms with E-state index in [9.17, 15) is 0 Å². The van der Waals surface area contributed by atoms with Gasteiger partial charge in [-0.3, -0.25) is 0 Å². The monoisotopic (exact) mass is 257 g/mol. The van der Waals surface area contributed by atoms with Gasteiger partial charge in [0.05, 0.1) is 6.61 Å². The molecule has 0 aliphatic rings. The molecule has 1 N–H and O–H groups in total. The molecule has 2 rings (SSSR count). The van der Waals surface area contributed by atoms with Crippen molar-refractivity contribution in [3.8, 4) is 11.6 Å². The highest BCUT2D eigenvalue weighted by atomic mass is 16.5. The first-order valence-electron chi connectivity index (χ1n) is 6.45. The van der Waals surface area contributed by atoms with Crippen LogP contribution in [0.25, 0.3) is 0 Å². The number of aliphatic hydroxyl groups excluding tert-OH is 1. The van der Waals surface area contributed by atoms with Crippen LogP contribution in [0.5, 0.6) is 11.6 Å². The van der Waals surface area contributed by atoms with E-state index in [0.29, 0.717) is 11.8 Å². The van der Waals surface area contributed by atoms with E-state index in [2.05, 4.69) is 24.9 Å². The molecule has 0 aliphatic carbocycles. The summed E-state index contributed by atoms with van der Waals surface area (Å²) < 4.78 is 5.91. The van der Waals surface area contributed by atoms with Crippen LogP contribution in [-0.4, -0.2) is 10.1 Å². The van der Waals surface area contributed by atoms with Crippen molar-refractivity contribution < 1.29 is 9.84 Å². The Balaban J connectivity index is 2.31. The van der Waals surface area contributed by atoms with Gasteiger partial charge in [0.15, 0.2) is 0 Å². The molecule has 0 fully saturated rings. The fraction of sp³-hybridized carbons (Fsp3) is 0.312. The number of para-hydroxylation sites is 1. The van der Waals surface area contributed by atoms with Gasteiger partial charge in [0.1, 0.15) is 5.75 Å². The number of pyridine rings is 1. The van der Waals surface area contributed by atoms with Crippen LogP contribution in [0, 0.1) is 6.92 Å². The minimum absolute atomic E-state index is 0.00327. The lowest BCUT2D eigenvalue weighted by molar-refractivity contribution is 0.281. The highest BCUT2D eigenvalue weighted by molar-refractivity contribution is 5.40. The predicted octanol–water partition coefficient (Wildman–Crippen LogP) is 3.80. The van der Waals surface area contributed by atoms with Crippen LogP contribution in [0.15, 0.2) is 36.5 Å².